The summed E-state index contributed by atoms with van der Waals surface area (Å²) in [5.41, 5.74) is 3.44. The number of halogens is 1. The van der Waals surface area contributed by atoms with Gasteiger partial charge in [0.2, 0.25) is 5.28 Å². The quantitative estimate of drug-likeness (QED) is 0.745. The molecule has 2 aromatic rings. The van der Waals surface area contributed by atoms with Gasteiger partial charge in [-0.1, -0.05) is 24.6 Å². The maximum absolute atomic E-state index is 5.81. The Morgan fingerprint density at radius 3 is 2.76 bits per heavy atom. The Balaban J connectivity index is 1.97. The topological polar surface area (TPSA) is 25.8 Å². The Labute approximate surface area is 106 Å². The van der Waals surface area contributed by atoms with Crippen molar-refractivity contribution in [2.45, 2.75) is 25.2 Å². The van der Waals surface area contributed by atoms with E-state index in [1.165, 1.54) is 24.8 Å². The summed E-state index contributed by atoms with van der Waals surface area (Å²) < 4.78 is 0. The number of rotatable bonds is 2. The molecule has 0 saturated heterocycles. The summed E-state index contributed by atoms with van der Waals surface area (Å²) in [4.78, 5) is 8.15. The van der Waals surface area contributed by atoms with Gasteiger partial charge in [0.25, 0.3) is 0 Å². The van der Waals surface area contributed by atoms with Gasteiger partial charge < -0.3 is 0 Å². The van der Waals surface area contributed by atoms with Crippen LogP contribution < -0.4 is 0 Å². The molecule has 1 aliphatic rings. The summed E-state index contributed by atoms with van der Waals surface area (Å²) in [6.07, 6.45) is 5.68. The largest absolute Gasteiger partial charge is 0.226 e. The first-order valence-electron chi connectivity index (χ1n) is 5.92. The van der Waals surface area contributed by atoms with Crippen molar-refractivity contribution in [2.24, 2.45) is 0 Å². The van der Waals surface area contributed by atoms with Gasteiger partial charge in [-0.15, -0.1) is 0 Å². The molecule has 1 aromatic carbocycles. The van der Waals surface area contributed by atoms with Crippen LogP contribution in [0.1, 0.15) is 30.7 Å². The number of nitrogens with zero attached hydrogens (tertiary/aromatic N) is 2. The van der Waals surface area contributed by atoms with Crippen molar-refractivity contribution >= 4 is 11.6 Å². The van der Waals surface area contributed by atoms with Gasteiger partial charge >= 0.3 is 0 Å². The van der Waals surface area contributed by atoms with Crippen LogP contribution in [0.15, 0.2) is 36.5 Å². The van der Waals surface area contributed by atoms with Crippen LogP contribution in [-0.4, -0.2) is 9.97 Å². The second-order valence-corrected chi connectivity index (χ2v) is 4.80. The molecule has 1 fully saturated rings. The van der Waals surface area contributed by atoms with E-state index in [2.05, 4.69) is 34.2 Å². The van der Waals surface area contributed by atoms with E-state index in [1.54, 1.807) is 6.20 Å². The number of hydrogen-bond acceptors (Lipinski definition) is 2. The lowest BCUT2D eigenvalue weighted by molar-refractivity contribution is 0.420. The summed E-state index contributed by atoms with van der Waals surface area (Å²) in [5, 5.41) is 0.302. The molecule has 0 aliphatic heterocycles. The summed E-state index contributed by atoms with van der Waals surface area (Å²) in [6, 6.07) is 10.5. The van der Waals surface area contributed by atoms with Gasteiger partial charge in [0, 0.05) is 11.8 Å². The van der Waals surface area contributed by atoms with Gasteiger partial charge in [0.05, 0.1) is 5.69 Å². The van der Waals surface area contributed by atoms with E-state index in [0.29, 0.717) is 5.28 Å². The second kappa shape index (κ2) is 4.46. The fraction of sp³-hybridized carbons (Fsp3) is 0.286. The molecule has 1 saturated carbocycles. The third-order valence-corrected chi connectivity index (χ3v) is 3.57. The van der Waals surface area contributed by atoms with Gasteiger partial charge in [-0.25, -0.2) is 9.97 Å². The number of benzene rings is 1. The van der Waals surface area contributed by atoms with Crippen molar-refractivity contribution in [1.82, 2.24) is 9.97 Å². The van der Waals surface area contributed by atoms with Gasteiger partial charge in [0.1, 0.15) is 0 Å². The lowest BCUT2D eigenvalue weighted by atomic mass is 9.79. The molecule has 3 heteroatoms. The summed E-state index contributed by atoms with van der Waals surface area (Å²) in [5.74, 6) is 0.743. The Bertz CT molecular complexity index is 535. The van der Waals surface area contributed by atoms with E-state index in [9.17, 15) is 0 Å². The van der Waals surface area contributed by atoms with Crippen LogP contribution in [0, 0.1) is 0 Å². The van der Waals surface area contributed by atoms with Crippen molar-refractivity contribution in [2.75, 3.05) is 0 Å². The zero-order valence-corrected chi connectivity index (χ0v) is 10.2. The van der Waals surface area contributed by atoms with Crippen molar-refractivity contribution in [1.29, 1.82) is 0 Å². The van der Waals surface area contributed by atoms with Crippen LogP contribution in [0.25, 0.3) is 11.3 Å². The van der Waals surface area contributed by atoms with E-state index in [0.717, 1.165) is 17.2 Å². The van der Waals surface area contributed by atoms with Crippen LogP contribution in [0.3, 0.4) is 0 Å². The first-order valence-corrected chi connectivity index (χ1v) is 6.29. The molecule has 1 aliphatic carbocycles. The third kappa shape index (κ3) is 2.18. The highest BCUT2D eigenvalue weighted by molar-refractivity contribution is 6.28. The fourth-order valence-corrected chi connectivity index (χ4v) is 2.34. The van der Waals surface area contributed by atoms with E-state index in [1.807, 2.05) is 6.07 Å². The van der Waals surface area contributed by atoms with Crippen molar-refractivity contribution in [3.63, 3.8) is 0 Å². The molecule has 3 rings (SSSR count). The highest BCUT2D eigenvalue weighted by Gasteiger charge is 2.19. The maximum Gasteiger partial charge on any atom is 0.222 e. The van der Waals surface area contributed by atoms with Crippen LogP contribution in [0.4, 0.5) is 0 Å². The van der Waals surface area contributed by atoms with Crippen LogP contribution >= 0.6 is 11.6 Å². The smallest absolute Gasteiger partial charge is 0.222 e. The van der Waals surface area contributed by atoms with Gasteiger partial charge in [0.15, 0.2) is 0 Å². The molecule has 0 unspecified atom stereocenters. The highest BCUT2D eigenvalue weighted by Crippen LogP contribution is 2.37. The van der Waals surface area contributed by atoms with Gasteiger partial charge in [-0.05, 0) is 48.1 Å². The zero-order chi connectivity index (χ0) is 11.7. The Kier molecular flexibility index (Phi) is 2.81. The van der Waals surface area contributed by atoms with Crippen LogP contribution in [0.5, 0.6) is 0 Å². The Morgan fingerprint density at radius 2 is 2.06 bits per heavy atom. The molecule has 0 N–H and O–H groups in total. The number of aromatic nitrogens is 2. The minimum atomic E-state index is 0.302. The van der Waals surface area contributed by atoms with Gasteiger partial charge in [-0.2, -0.15) is 0 Å². The predicted octanol–water partition coefficient (Wildman–Crippen LogP) is 4.06. The Morgan fingerprint density at radius 1 is 1.18 bits per heavy atom. The third-order valence-electron chi connectivity index (χ3n) is 3.39. The average Bonchev–Trinajstić information content (AvgIpc) is 2.27. The molecule has 0 atom stereocenters. The molecule has 2 nitrogen and oxygen atoms in total. The van der Waals surface area contributed by atoms with Crippen molar-refractivity contribution in [3.8, 4) is 11.3 Å². The Hall–Kier alpha value is -1.41. The molecule has 1 aromatic heterocycles. The van der Waals surface area contributed by atoms with Crippen LogP contribution in [-0.2, 0) is 0 Å². The molecule has 0 spiro atoms. The highest BCUT2D eigenvalue weighted by atomic mass is 35.5. The zero-order valence-electron chi connectivity index (χ0n) is 9.44. The SMILES string of the molecule is Clc1nccc(-c2cccc(C3CCC3)c2)n1. The lowest BCUT2D eigenvalue weighted by Crippen LogP contribution is -2.08. The molecule has 1 heterocycles. The summed E-state index contributed by atoms with van der Waals surface area (Å²) in [7, 11) is 0. The molecule has 86 valence electrons. The minimum Gasteiger partial charge on any atom is -0.226 e. The minimum absolute atomic E-state index is 0.302. The van der Waals surface area contributed by atoms with Crippen molar-refractivity contribution < 1.29 is 0 Å². The molecule has 0 radical (unpaired) electrons. The van der Waals surface area contributed by atoms with Crippen LogP contribution in [0.2, 0.25) is 5.28 Å². The van der Waals surface area contributed by atoms with E-state index in [-0.39, 0.29) is 0 Å². The second-order valence-electron chi connectivity index (χ2n) is 4.46. The maximum atomic E-state index is 5.81. The monoisotopic (exact) mass is 244 g/mol. The number of hydrogen-bond donors (Lipinski definition) is 0. The predicted molar refractivity (Wildman–Crippen MR) is 69.1 cm³/mol. The standard InChI is InChI=1S/C14H13ClN2/c15-14-16-8-7-13(17-14)12-6-2-5-11(9-12)10-3-1-4-10/h2,5-10H,1,3-4H2. The molecular weight excluding hydrogens is 232 g/mol. The summed E-state index contributed by atoms with van der Waals surface area (Å²) >= 11 is 5.81. The first kappa shape index (κ1) is 10.7. The fourth-order valence-electron chi connectivity index (χ4n) is 2.19. The average molecular weight is 245 g/mol. The van der Waals surface area contributed by atoms with Crippen molar-refractivity contribution in [3.05, 3.63) is 47.4 Å². The molecule has 17 heavy (non-hydrogen) atoms. The van der Waals surface area contributed by atoms with E-state index in [4.69, 9.17) is 11.6 Å². The molecule has 0 amide bonds. The van der Waals surface area contributed by atoms with E-state index >= 15 is 0 Å². The normalized spacial score (nSPS) is 15.6. The lowest BCUT2D eigenvalue weighted by Gasteiger charge is -2.26. The van der Waals surface area contributed by atoms with E-state index < -0.39 is 0 Å². The first-order chi connectivity index (χ1) is 8.33. The summed E-state index contributed by atoms with van der Waals surface area (Å²) in [6.45, 7) is 0. The molecular formula is C14H13ClN2. The molecule has 0 bridgehead atoms. The van der Waals surface area contributed by atoms with Gasteiger partial charge in [-0.3, -0.25) is 0 Å².